The molecule has 0 unspecified atom stereocenters. The lowest BCUT2D eigenvalue weighted by Gasteiger charge is -2.14. The van der Waals surface area contributed by atoms with Gasteiger partial charge in [-0.15, -0.1) is 0 Å². The number of hydrogen-bond acceptors (Lipinski definition) is 5. The number of benzene rings is 1. The molecule has 0 saturated carbocycles. The average Bonchev–Trinajstić information content (AvgIpc) is 2.96. The van der Waals surface area contributed by atoms with Crippen LogP contribution in [0.15, 0.2) is 22.9 Å². The van der Waals surface area contributed by atoms with Crippen molar-refractivity contribution >= 4 is 21.9 Å². The summed E-state index contributed by atoms with van der Waals surface area (Å²) in [6.07, 6.45) is 2.41. The zero-order chi connectivity index (χ0) is 14.4. The summed E-state index contributed by atoms with van der Waals surface area (Å²) >= 11 is 3.52. The van der Waals surface area contributed by atoms with Crippen molar-refractivity contribution in [1.82, 2.24) is 15.2 Å². The van der Waals surface area contributed by atoms with Crippen LogP contribution in [-0.2, 0) is 6.54 Å². The van der Waals surface area contributed by atoms with E-state index in [1.807, 2.05) is 12.1 Å². The van der Waals surface area contributed by atoms with Gasteiger partial charge in [-0.1, -0.05) is 6.92 Å². The van der Waals surface area contributed by atoms with Crippen molar-refractivity contribution in [3.63, 3.8) is 0 Å². The summed E-state index contributed by atoms with van der Waals surface area (Å²) in [7, 11) is 1.63. The number of hydrogen-bond donors (Lipinski definition) is 2. The Balaban J connectivity index is 2.12. The van der Waals surface area contributed by atoms with Gasteiger partial charge in [0.2, 0.25) is 5.95 Å². The molecule has 2 N–H and O–H groups in total. The molecule has 0 aliphatic carbocycles. The van der Waals surface area contributed by atoms with Gasteiger partial charge in [0.25, 0.3) is 0 Å². The molecular weight excluding hydrogens is 324 g/mol. The van der Waals surface area contributed by atoms with Crippen LogP contribution in [0.2, 0.25) is 0 Å². The first-order valence-corrected chi connectivity index (χ1v) is 7.12. The third-order valence-electron chi connectivity index (χ3n) is 2.61. The number of nitrogens with one attached hydrogen (secondary N) is 2. The normalized spacial score (nSPS) is 10.3. The van der Waals surface area contributed by atoms with Gasteiger partial charge >= 0.3 is 0 Å². The molecule has 1 aromatic heterocycles. The minimum absolute atomic E-state index is 0.609. The Kier molecular flexibility index (Phi) is 5.23. The zero-order valence-corrected chi connectivity index (χ0v) is 13.0. The first kappa shape index (κ1) is 14.6. The highest BCUT2D eigenvalue weighted by Crippen LogP contribution is 2.36. The molecule has 0 aliphatic heterocycles. The molecule has 2 aromatic rings. The molecule has 7 heteroatoms. The molecule has 0 atom stereocenters. The Bertz CT molecular complexity index is 546. The van der Waals surface area contributed by atoms with Crippen molar-refractivity contribution in [2.75, 3.05) is 19.0 Å². The fraction of sp³-hybridized carbons (Fsp3) is 0.385. The van der Waals surface area contributed by atoms with Gasteiger partial charge in [-0.3, -0.25) is 0 Å². The molecular formula is C13H17BrN4O2. The van der Waals surface area contributed by atoms with Gasteiger partial charge in [-0.2, -0.15) is 5.10 Å². The van der Waals surface area contributed by atoms with Crippen molar-refractivity contribution < 1.29 is 9.47 Å². The van der Waals surface area contributed by atoms with Gasteiger partial charge in [-0.05, 0) is 40.0 Å². The third-order valence-corrected chi connectivity index (χ3v) is 3.20. The minimum atomic E-state index is 0.609. The molecule has 0 fully saturated rings. The van der Waals surface area contributed by atoms with Crippen molar-refractivity contribution in [2.24, 2.45) is 0 Å². The molecule has 1 aromatic carbocycles. The quantitative estimate of drug-likeness (QED) is 0.810. The number of ether oxygens (including phenoxy) is 2. The number of rotatable bonds is 7. The number of aromatic amines is 1. The summed E-state index contributed by atoms with van der Waals surface area (Å²) in [5.41, 5.74) is 1.05. The largest absolute Gasteiger partial charge is 0.493 e. The lowest BCUT2D eigenvalue weighted by atomic mass is 10.2. The van der Waals surface area contributed by atoms with E-state index in [1.165, 1.54) is 6.33 Å². The molecule has 0 saturated heterocycles. The molecule has 0 bridgehead atoms. The molecule has 0 radical (unpaired) electrons. The van der Waals surface area contributed by atoms with Crippen molar-refractivity contribution in [3.05, 3.63) is 28.5 Å². The summed E-state index contributed by atoms with van der Waals surface area (Å²) < 4.78 is 11.9. The Morgan fingerprint density at radius 3 is 2.90 bits per heavy atom. The van der Waals surface area contributed by atoms with E-state index >= 15 is 0 Å². The molecule has 0 spiro atoms. The van der Waals surface area contributed by atoms with Crippen LogP contribution in [0, 0.1) is 0 Å². The smallest absolute Gasteiger partial charge is 0.218 e. The fourth-order valence-corrected chi connectivity index (χ4v) is 2.30. The van der Waals surface area contributed by atoms with Crippen LogP contribution >= 0.6 is 15.9 Å². The summed E-state index contributed by atoms with van der Waals surface area (Å²) in [6, 6.07) is 3.94. The Morgan fingerprint density at radius 1 is 1.40 bits per heavy atom. The van der Waals surface area contributed by atoms with Crippen molar-refractivity contribution in [2.45, 2.75) is 19.9 Å². The minimum Gasteiger partial charge on any atom is -0.493 e. The van der Waals surface area contributed by atoms with Crippen LogP contribution < -0.4 is 14.8 Å². The van der Waals surface area contributed by atoms with Crippen LogP contribution in [0.1, 0.15) is 18.9 Å². The predicted molar refractivity (Wildman–Crippen MR) is 80.2 cm³/mol. The second-order valence-corrected chi connectivity index (χ2v) is 5.00. The number of nitrogens with zero attached hydrogens (tertiary/aromatic N) is 2. The molecule has 1 heterocycles. The van der Waals surface area contributed by atoms with E-state index in [9.17, 15) is 0 Å². The molecule has 0 amide bonds. The zero-order valence-electron chi connectivity index (χ0n) is 11.4. The second-order valence-electron chi connectivity index (χ2n) is 4.15. The fourth-order valence-electron chi connectivity index (χ4n) is 1.70. The van der Waals surface area contributed by atoms with Crippen LogP contribution in [0.5, 0.6) is 11.5 Å². The van der Waals surface area contributed by atoms with Gasteiger partial charge in [0, 0.05) is 6.54 Å². The van der Waals surface area contributed by atoms with Gasteiger partial charge < -0.3 is 14.8 Å². The maximum Gasteiger partial charge on any atom is 0.218 e. The van der Waals surface area contributed by atoms with Crippen LogP contribution in [-0.4, -0.2) is 28.9 Å². The second kappa shape index (κ2) is 7.14. The first-order valence-electron chi connectivity index (χ1n) is 6.33. The van der Waals surface area contributed by atoms with E-state index in [0.717, 1.165) is 22.2 Å². The highest BCUT2D eigenvalue weighted by Gasteiger charge is 2.11. The van der Waals surface area contributed by atoms with Gasteiger partial charge in [0.1, 0.15) is 6.33 Å². The number of anilines is 1. The maximum absolute atomic E-state index is 5.69. The molecule has 108 valence electrons. The monoisotopic (exact) mass is 340 g/mol. The number of methoxy groups -OCH3 is 1. The standard InChI is InChI=1S/C13H17BrN4O2/c1-3-4-20-12-10(14)5-9(6-11(12)19-2)7-15-13-16-8-17-18-13/h5-6,8H,3-4,7H2,1-2H3,(H2,15,16,17,18). The highest BCUT2D eigenvalue weighted by atomic mass is 79.9. The van der Waals surface area contributed by atoms with Crippen LogP contribution in [0.25, 0.3) is 0 Å². The maximum atomic E-state index is 5.69. The summed E-state index contributed by atoms with van der Waals surface area (Å²) in [6.45, 7) is 3.33. The highest BCUT2D eigenvalue weighted by molar-refractivity contribution is 9.10. The van der Waals surface area contributed by atoms with Crippen LogP contribution in [0.3, 0.4) is 0 Å². The van der Waals surface area contributed by atoms with Gasteiger partial charge in [0.05, 0.1) is 18.2 Å². The molecule has 20 heavy (non-hydrogen) atoms. The Hall–Kier alpha value is -1.76. The van der Waals surface area contributed by atoms with Crippen molar-refractivity contribution in [3.8, 4) is 11.5 Å². The van der Waals surface area contributed by atoms with E-state index in [2.05, 4.69) is 43.4 Å². The lowest BCUT2D eigenvalue weighted by molar-refractivity contribution is 0.292. The SMILES string of the molecule is CCCOc1c(Br)cc(CNc2ncn[nH]2)cc1OC. The first-order chi connectivity index (χ1) is 9.74. The molecule has 2 rings (SSSR count). The average molecular weight is 341 g/mol. The lowest BCUT2D eigenvalue weighted by Crippen LogP contribution is -2.03. The van der Waals surface area contributed by atoms with E-state index in [4.69, 9.17) is 9.47 Å². The Morgan fingerprint density at radius 2 is 2.25 bits per heavy atom. The third kappa shape index (κ3) is 3.63. The van der Waals surface area contributed by atoms with E-state index in [1.54, 1.807) is 7.11 Å². The molecule has 0 aliphatic rings. The van der Waals surface area contributed by atoms with Crippen molar-refractivity contribution in [1.29, 1.82) is 0 Å². The number of aromatic nitrogens is 3. The predicted octanol–water partition coefficient (Wildman–Crippen LogP) is 2.98. The van der Waals surface area contributed by atoms with E-state index < -0.39 is 0 Å². The van der Waals surface area contributed by atoms with Crippen LogP contribution in [0.4, 0.5) is 5.95 Å². The Labute approximate surface area is 126 Å². The van der Waals surface area contributed by atoms with Gasteiger partial charge in [-0.25, -0.2) is 10.1 Å². The molecule has 6 nitrogen and oxygen atoms in total. The number of halogens is 1. The summed E-state index contributed by atoms with van der Waals surface area (Å²) in [5.74, 6) is 2.08. The topological polar surface area (TPSA) is 72.1 Å². The van der Waals surface area contributed by atoms with E-state index in [0.29, 0.717) is 24.8 Å². The number of H-pyrrole nitrogens is 1. The van der Waals surface area contributed by atoms with Gasteiger partial charge in [0.15, 0.2) is 11.5 Å². The van der Waals surface area contributed by atoms with E-state index in [-0.39, 0.29) is 0 Å². The summed E-state index contributed by atoms with van der Waals surface area (Å²) in [4.78, 5) is 4.01. The summed E-state index contributed by atoms with van der Waals surface area (Å²) in [5, 5.41) is 9.67.